The molecule has 2 saturated heterocycles. The molecule has 0 aliphatic carbocycles. The Kier molecular flexibility index (Phi) is 13.0. The van der Waals surface area contributed by atoms with Gasteiger partial charge in [0.2, 0.25) is 0 Å². The summed E-state index contributed by atoms with van der Waals surface area (Å²) in [7, 11) is 0. The van der Waals surface area contributed by atoms with Gasteiger partial charge >= 0.3 is 11.9 Å². The molecule has 2 fully saturated rings. The zero-order valence-corrected chi connectivity index (χ0v) is 18.4. The van der Waals surface area contributed by atoms with E-state index in [1.165, 1.54) is 51.4 Å². The number of likely N-dealkylation sites (tertiary alicyclic amines) is 2. The number of unbranched alkanes of at least 4 members (excludes halogenated alkanes) is 2. The second-order valence-corrected chi connectivity index (χ2v) is 8.51. The minimum atomic E-state index is -0.0887. The van der Waals surface area contributed by atoms with Gasteiger partial charge in [-0.2, -0.15) is 0 Å². The molecule has 2 aliphatic heterocycles. The fourth-order valence-corrected chi connectivity index (χ4v) is 4.12. The lowest BCUT2D eigenvalue weighted by Gasteiger charge is -2.19. The van der Waals surface area contributed by atoms with Gasteiger partial charge in [0.05, 0.1) is 26.1 Å². The smallest absolute Gasteiger partial charge is 0.307 e. The molecule has 0 amide bonds. The molecule has 0 aromatic heterocycles. The Morgan fingerprint density at radius 2 is 0.931 bits per heavy atom. The van der Waals surface area contributed by atoms with Gasteiger partial charge in [-0.3, -0.25) is 9.59 Å². The molecule has 0 aromatic rings. The minimum absolute atomic E-state index is 0.0887. The molecule has 0 aromatic carbocycles. The van der Waals surface area contributed by atoms with E-state index < -0.39 is 0 Å². The molecule has 0 saturated carbocycles. The van der Waals surface area contributed by atoms with Gasteiger partial charge in [0, 0.05) is 13.1 Å². The van der Waals surface area contributed by atoms with E-state index in [9.17, 15) is 9.59 Å². The van der Waals surface area contributed by atoms with Crippen molar-refractivity contribution in [2.24, 2.45) is 0 Å². The highest BCUT2D eigenvalue weighted by Gasteiger charge is 2.12. The summed E-state index contributed by atoms with van der Waals surface area (Å²) in [6, 6.07) is 0. The standard InChI is InChI=1S/C23H42N2O4/c26-22(12-18-24-14-6-1-2-7-15-24)28-20-10-5-11-21-29-23(27)13-19-25-16-8-3-4-9-17-25/h1-21H2. The van der Waals surface area contributed by atoms with Crippen LogP contribution in [0, 0.1) is 0 Å². The predicted molar refractivity (Wildman–Crippen MR) is 115 cm³/mol. The van der Waals surface area contributed by atoms with Crippen LogP contribution in [0.25, 0.3) is 0 Å². The molecule has 0 bridgehead atoms. The van der Waals surface area contributed by atoms with Gasteiger partial charge < -0.3 is 19.3 Å². The number of carbonyl (C=O) groups excluding carboxylic acids is 2. The second-order valence-electron chi connectivity index (χ2n) is 8.51. The highest BCUT2D eigenvalue weighted by molar-refractivity contribution is 5.69. The average Bonchev–Trinajstić information content (AvgIpc) is 3.15. The number of rotatable bonds is 12. The summed E-state index contributed by atoms with van der Waals surface area (Å²) in [6.45, 7) is 7.06. The van der Waals surface area contributed by atoms with E-state index >= 15 is 0 Å². The first-order valence-corrected chi connectivity index (χ1v) is 12.0. The third-order valence-corrected chi connectivity index (χ3v) is 5.98. The molecule has 6 heteroatoms. The van der Waals surface area contributed by atoms with E-state index in [0.29, 0.717) is 26.1 Å². The van der Waals surface area contributed by atoms with Crippen LogP contribution in [0.2, 0.25) is 0 Å². The van der Waals surface area contributed by atoms with Crippen LogP contribution in [-0.2, 0) is 19.1 Å². The van der Waals surface area contributed by atoms with Crippen molar-refractivity contribution in [2.75, 3.05) is 52.5 Å². The van der Waals surface area contributed by atoms with Crippen LogP contribution in [0.3, 0.4) is 0 Å². The SMILES string of the molecule is O=C(CCN1CCCCCC1)OCCCCCOC(=O)CCN1CCCCCC1. The highest BCUT2D eigenvalue weighted by Crippen LogP contribution is 2.11. The third-order valence-electron chi connectivity index (χ3n) is 5.98. The third kappa shape index (κ3) is 12.2. The predicted octanol–water partition coefficient (Wildman–Crippen LogP) is 3.78. The van der Waals surface area contributed by atoms with Crippen LogP contribution in [0.15, 0.2) is 0 Å². The van der Waals surface area contributed by atoms with Gasteiger partial charge in [-0.25, -0.2) is 0 Å². The summed E-state index contributed by atoms with van der Waals surface area (Å²) < 4.78 is 10.7. The number of nitrogens with zero attached hydrogens (tertiary/aromatic N) is 2. The lowest BCUT2D eigenvalue weighted by atomic mass is 10.2. The molecule has 6 nitrogen and oxygen atoms in total. The Hall–Kier alpha value is -1.14. The lowest BCUT2D eigenvalue weighted by molar-refractivity contribution is -0.144. The van der Waals surface area contributed by atoms with E-state index in [4.69, 9.17) is 9.47 Å². The van der Waals surface area contributed by atoms with Crippen molar-refractivity contribution in [3.63, 3.8) is 0 Å². The van der Waals surface area contributed by atoms with E-state index in [1.54, 1.807) is 0 Å². The second kappa shape index (κ2) is 15.7. The summed E-state index contributed by atoms with van der Waals surface area (Å²) >= 11 is 0. The van der Waals surface area contributed by atoms with Crippen molar-refractivity contribution in [1.82, 2.24) is 9.80 Å². The fourth-order valence-electron chi connectivity index (χ4n) is 4.12. The van der Waals surface area contributed by atoms with Crippen LogP contribution in [-0.4, -0.2) is 74.2 Å². The maximum absolute atomic E-state index is 11.9. The molecule has 168 valence electrons. The Balaban J connectivity index is 1.37. The van der Waals surface area contributed by atoms with Crippen LogP contribution >= 0.6 is 0 Å². The largest absolute Gasteiger partial charge is 0.466 e. The summed E-state index contributed by atoms with van der Waals surface area (Å²) in [5, 5.41) is 0. The van der Waals surface area contributed by atoms with Gasteiger partial charge in [0.25, 0.3) is 0 Å². The van der Waals surface area contributed by atoms with E-state index in [2.05, 4.69) is 9.80 Å². The zero-order chi connectivity index (χ0) is 20.6. The molecule has 0 radical (unpaired) electrons. The first kappa shape index (κ1) is 24.1. The van der Waals surface area contributed by atoms with Crippen molar-refractivity contribution in [2.45, 2.75) is 83.5 Å². The van der Waals surface area contributed by atoms with Gasteiger partial charge in [0.15, 0.2) is 0 Å². The van der Waals surface area contributed by atoms with Crippen molar-refractivity contribution < 1.29 is 19.1 Å². The first-order valence-electron chi connectivity index (χ1n) is 12.0. The number of esters is 2. The number of carbonyl (C=O) groups is 2. The van der Waals surface area contributed by atoms with Crippen LogP contribution in [0.4, 0.5) is 0 Å². The van der Waals surface area contributed by atoms with Crippen LogP contribution < -0.4 is 0 Å². The van der Waals surface area contributed by atoms with Crippen molar-refractivity contribution >= 4 is 11.9 Å². The van der Waals surface area contributed by atoms with Crippen molar-refractivity contribution in [1.29, 1.82) is 0 Å². The Morgan fingerprint density at radius 1 is 0.552 bits per heavy atom. The lowest BCUT2D eigenvalue weighted by Crippen LogP contribution is -2.27. The van der Waals surface area contributed by atoms with Crippen LogP contribution in [0.1, 0.15) is 83.5 Å². The fraction of sp³-hybridized carbons (Fsp3) is 0.913. The van der Waals surface area contributed by atoms with Gasteiger partial charge in [-0.1, -0.05) is 25.7 Å². The molecule has 29 heavy (non-hydrogen) atoms. The summed E-state index contributed by atoms with van der Waals surface area (Å²) in [5.74, 6) is -0.177. The van der Waals surface area contributed by atoms with Crippen molar-refractivity contribution in [3.05, 3.63) is 0 Å². The molecule has 2 heterocycles. The summed E-state index contributed by atoms with van der Waals surface area (Å²) in [5.41, 5.74) is 0. The highest BCUT2D eigenvalue weighted by atomic mass is 16.5. The van der Waals surface area contributed by atoms with Gasteiger partial charge in [-0.15, -0.1) is 0 Å². The number of hydrogen-bond acceptors (Lipinski definition) is 6. The summed E-state index contributed by atoms with van der Waals surface area (Å²) in [6.07, 6.45) is 13.8. The quantitative estimate of drug-likeness (QED) is 0.360. The zero-order valence-electron chi connectivity index (χ0n) is 18.4. The molecule has 0 unspecified atom stereocenters. The molecule has 0 spiro atoms. The molecule has 0 atom stereocenters. The molecule has 2 aliphatic rings. The average molecular weight is 411 g/mol. The Morgan fingerprint density at radius 3 is 1.31 bits per heavy atom. The topological polar surface area (TPSA) is 59.1 Å². The Bertz CT molecular complexity index is 402. The van der Waals surface area contributed by atoms with Crippen LogP contribution in [0.5, 0.6) is 0 Å². The summed E-state index contributed by atoms with van der Waals surface area (Å²) in [4.78, 5) is 28.5. The first-order chi connectivity index (χ1) is 14.2. The molecular formula is C23H42N2O4. The van der Waals surface area contributed by atoms with Gasteiger partial charge in [-0.05, 0) is 71.1 Å². The maximum Gasteiger partial charge on any atom is 0.307 e. The monoisotopic (exact) mass is 410 g/mol. The maximum atomic E-state index is 11.9. The van der Waals surface area contributed by atoms with E-state index in [0.717, 1.165) is 58.5 Å². The van der Waals surface area contributed by atoms with Crippen molar-refractivity contribution in [3.8, 4) is 0 Å². The number of hydrogen-bond donors (Lipinski definition) is 0. The minimum Gasteiger partial charge on any atom is -0.466 e. The molecular weight excluding hydrogens is 368 g/mol. The number of ether oxygens (including phenoxy) is 2. The van der Waals surface area contributed by atoms with E-state index in [1.807, 2.05) is 0 Å². The Labute approximate surface area is 177 Å². The molecule has 2 rings (SSSR count). The van der Waals surface area contributed by atoms with Gasteiger partial charge in [0.1, 0.15) is 0 Å². The molecule has 0 N–H and O–H groups in total. The normalized spacial score (nSPS) is 19.3. The van der Waals surface area contributed by atoms with E-state index in [-0.39, 0.29) is 11.9 Å².